The fraction of sp³-hybridized carbons (Fsp3) is 0.0909. The van der Waals surface area contributed by atoms with Crippen LogP contribution in [-0.2, 0) is 6.42 Å². The molecular weight excluding hydrogens is 280 g/mol. The molecule has 0 atom stereocenters. The molecule has 0 saturated heterocycles. The predicted molar refractivity (Wildman–Crippen MR) is 97.7 cm³/mol. The first kappa shape index (κ1) is 13.8. The van der Waals surface area contributed by atoms with Gasteiger partial charge in [0.05, 0.1) is 0 Å². The molecule has 1 nitrogen and oxygen atoms in total. The summed E-state index contributed by atoms with van der Waals surface area (Å²) in [5.41, 5.74) is 4.05. The first-order valence-corrected chi connectivity index (χ1v) is 7.97. The Bertz CT molecular complexity index is 903. The molecule has 2 aliphatic rings. The van der Waals surface area contributed by atoms with E-state index in [1.165, 1.54) is 27.5 Å². The van der Waals surface area contributed by atoms with E-state index >= 15 is 0 Å². The summed E-state index contributed by atoms with van der Waals surface area (Å²) in [6, 6.07) is 21.0. The monoisotopic (exact) mass is 298 g/mol. The van der Waals surface area contributed by atoms with Crippen LogP contribution in [0.25, 0.3) is 22.9 Å². The fourth-order valence-electron chi connectivity index (χ4n) is 3.07. The van der Waals surface area contributed by atoms with Crippen LogP contribution in [0.3, 0.4) is 0 Å². The normalized spacial score (nSPS) is 13.7. The van der Waals surface area contributed by atoms with Gasteiger partial charge in [0.25, 0.3) is 0 Å². The van der Waals surface area contributed by atoms with E-state index in [9.17, 15) is 0 Å². The van der Waals surface area contributed by atoms with Gasteiger partial charge in [0.1, 0.15) is 12.4 Å². The molecule has 3 aromatic rings. The van der Waals surface area contributed by atoms with Gasteiger partial charge < -0.3 is 4.74 Å². The molecule has 0 spiro atoms. The van der Waals surface area contributed by atoms with E-state index in [1.54, 1.807) is 0 Å². The van der Waals surface area contributed by atoms with Crippen LogP contribution in [0.15, 0.2) is 72.8 Å². The lowest BCUT2D eigenvalue weighted by Gasteiger charge is -2.14. The Kier molecular flexibility index (Phi) is 3.69. The zero-order valence-electron chi connectivity index (χ0n) is 12.9. The minimum atomic E-state index is 0.686. The van der Waals surface area contributed by atoms with Crippen LogP contribution < -0.4 is 4.74 Å². The molecule has 1 aliphatic carbocycles. The molecule has 0 bridgehead atoms. The molecule has 0 saturated carbocycles. The van der Waals surface area contributed by atoms with Crippen molar-refractivity contribution in [2.75, 3.05) is 6.61 Å². The van der Waals surface area contributed by atoms with Crippen molar-refractivity contribution in [2.24, 2.45) is 0 Å². The van der Waals surface area contributed by atoms with E-state index < -0.39 is 0 Å². The Morgan fingerprint density at radius 1 is 0.739 bits per heavy atom. The van der Waals surface area contributed by atoms with Crippen LogP contribution in [-0.4, -0.2) is 6.61 Å². The number of hydrogen-bond acceptors (Lipinski definition) is 1. The molecule has 1 heterocycles. The van der Waals surface area contributed by atoms with E-state index in [0.29, 0.717) is 6.61 Å². The van der Waals surface area contributed by atoms with Crippen LogP contribution in [0.1, 0.15) is 16.7 Å². The summed E-state index contributed by atoms with van der Waals surface area (Å²) in [4.78, 5) is 0. The van der Waals surface area contributed by atoms with Gasteiger partial charge in [0.15, 0.2) is 0 Å². The van der Waals surface area contributed by atoms with Gasteiger partial charge in [-0.15, -0.1) is 0 Å². The van der Waals surface area contributed by atoms with Gasteiger partial charge in [-0.3, -0.25) is 0 Å². The Morgan fingerprint density at radius 3 is 2.57 bits per heavy atom. The Hall–Kier alpha value is -2.80. The first-order valence-electron chi connectivity index (χ1n) is 7.97. The van der Waals surface area contributed by atoms with Gasteiger partial charge in [-0.2, -0.15) is 0 Å². The highest BCUT2D eigenvalue weighted by atomic mass is 16.5. The first-order chi connectivity index (χ1) is 11.4. The van der Waals surface area contributed by atoms with Crippen molar-refractivity contribution in [1.29, 1.82) is 0 Å². The molecule has 0 aromatic heterocycles. The standard InChI is InChI=1S/C13H10O.C9H8/c1-2-5-11-10(4-1)7-8-13-12(11)6-3-9-14-13;1-2-5-9-7-3-6-8(9)4-1/h1-8H,9H2;1-6H,7H2. The lowest BCUT2D eigenvalue weighted by atomic mass is 10.0. The molecule has 0 N–H and O–H groups in total. The summed E-state index contributed by atoms with van der Waals surface area (Å²) in [6.07, 6.45) is 9.69. The van der Waals surface area contributed by atoms with Crippen molar-refractivity contribution in [2.45, 2.75) is 6.42 Å². The number of hydrogen-bond donors (Lipinski definition) is 0. The quantitative estimate of drug-likeness (QED) is 0.532. The third-order valence-corrected chi connectivity index (χ3v) is 4.24. The van der Waals surface area contributed by atoms with Crippen LogP contribution in [0, 0.1) is 0 Å². The highest BCUT2D eigenvalue weighted by Crippen LogP contribution is 2.31. The smallest absolute Gasteiger partial charge is 0.127 e. The summed E-state index contributed by atoms with van der Waals surface area (Å²) in [6.45, 7) is 0.686. The molecule has 112 valence electrons. The molecular formula is C22H18O. The molecule has 3 aromatic carbocycles. The third-order valence-electron chi connectivity index (χ3n) is 4.24. The van der Waals surface area contributed by atoms with Crippen molar-refractivity contribution in [3.63, 3.8) is 0 Å². The Morgan fingerprint density at radius 2 is 1.61 bits per heavy atom. The van der Waals surface area contributed by atoms with E-state index in [4.69, 9.17) is 4.74 Å². The zero-order chi connectivity index (χ0) is 15.5. The SMILES string of the molecule is C1=Cc2c(ccc3ccccc23)OC1.C1=Cc2ccccc2C1. The topological polar surface area (TPSA) is 9.23 Å². The highest BCUT2D eigenvalue weighted by Gasteiger charge is 2.08. The molecule has 0 radical (unpaired) electrons. The predicted octanol–water partition coefficient (Wildman–Crippen LogP) is 5.50. The van der Waals surface area contributed by atoms with E-state index in [1.807, 2.05) is 6.07 Å². The third kappa shape index (κ3) is 2.78. The van der Waals surface area contributed by atoms with Crippen molar-refractivity contribution in [3.05, 3.63) is 89.5 Å². The van der Waals surface area contributed by atoms with Gasteiger partial charge in [-0.25, -0.2) is 0 Å². The molecule has 23 heavy (non-hydrogen) atoms. The lowest BCUT2D eigenvalue weighted by molar-refractivity contribution is 0.359. The second kappa shape index (κ2) is 6.13. The maximum absolute atomic E-state index is 5.54. The number of fused-ring (bicyclic) bond motifs is 4. The second-order valence-electron chi connectivity index (χ2n) is 5.72. The van der Waals surface area contributed by atoms with Crippen LogP contribution in [0.2, 0.25) is 0 Å². The van der Waals surface area contributed by atoms with Crippen molar-refractivity contribution in [3.8, 4) is 5.75 Å². The van der Waals surface area contributed by atoms with E-state index in [-0.39, 0.29) is 0 Å². The maximum atomic E-state index is 5.54. The zero-order valence-corrected chi connectivity index (χ0v) is 12.9. The summed E-state index contributed by atoms with van der Waals surface area (Å²) in [5, 5.41) is 2.53. The van der Waals surface area contributed by atoms with E-state index in [2.05, 4.69) is 78.9 Å². The minimum Gasteiger partial charge on any atom is -0.489 e. The van der Waals surface area contributed by atoms with Gasteiger partial charge >= 0.3 is 0 Å². The molecule has 0 unspecified atom stereocenters. The Balaban J connectivity index is 0.000000130. The average Bonchev–Trinajstić information content (AvgIpc) is 3.11. The number of allylic oxidation sites excluding steroid dienone is 1. The van der Waals surface area contributed by atoms with E-state index in [0.717, 1.165) is 12.2 Å². The number of rotatable bonds is 0. The Labute approximate surface area is 136 Å². The number of benzene rings is 3. The molecule has 1 aliphatic heterocycles. The summed E-state index contributed by atoms with van der Waals surface area (Å²) >= 11 is 0. The number of ether oxygens (including phenoxy) is 1. The lowest BCUT2D eigenvalue weighted by Crippen LogP contribution is -2.00. The van der Waals surface area contributed by atoms with Gasteiger partial charge in [0.2, 0.25) is 0 Å². The average molecular weight is 298 g/mol. The van der Waals surface area contributed by atoms with Crippen LogP contribution in [0.5, 0.6) is 5.75 Å². The molecule has 0 fully saturated rings. The van der Waals surface area contributed by atoms with Gasteiger partial charge in [0, 0.05) is 5.56 Å². The largest absolute Gasteiger partial charge is 0.489 e. The van der Waals surface area contributed by atoms with Gasteiger partial charge in [-0.1, -0.05) is 72.8 Å². The van der Waals surface area contributed by atoms with Crippen molar-refractivity contribution in [1.82, 2.24) is 0 Å². The highest BCUT2D eigenvalue weighted by molar-refractivity contribution is 5.93. The van der Waals surface area contributed by atoms with Crippen molar-refractivity contribution < 1.29 is 4.74 Å². The summed E-state index contributed by atoms with van der Waals surface area (Å²) < 4.78 is 5.54. The fourth-order valence-corrected chi connectivity index (χ4v) is 3.07. The van der Waals surface area contributed by atoms with Crippen LogP contribution in [0.4, 0.5) is 0 Å². The molecule has 0 amide bonds. The van der Waals surface area contributed by atoms with Crippen molar-refractivity contribution >= 4 is 22.9 Å². The van der Waals surface area contributed by atoms with Crippen LogP contribution >= 0.6 is 0 Å². The maximum Gasteiger partial charge on any atom is 0.127 e. The minimum absolute atomic E-state index is 0.686. The molecule has 5 rings (SSSR count). The second-order valence-corrected chi connectivity index (χ2v) is 5.72. The van der Waals surface area contributed by atoms with Gasteiger partial charge in [-0.05, 0) is 40.5 Å². The summed E-state index contributed by atoms with van der Waals surface area (Å²) in [5.74, 6) is 0.992. The summed E-state index contributed by atoms with van der Waals surface area (Å²) in [7, 11) is 0. The molecule has 1 heteroatoms.